The van der Waals surface area contributed by atoms with E-state index in [4.69, 9.17) is 0 Å². The molecule has 1 aromatic carbocycles. The number of hydrogen-bond donors (Lipinski definition) is 0. The molecule has 0 bridgehead atoms. The predicted octanol–water partition coefficient (Wildman–Crippen LogP) is 3.63. The number of amidine groups is 1. The van der Waals surface area contributed by atoms with Gasteiger partial charge in [-0.15, -0.1) is 10.2 Å². The predicted molar refractivity (Wildman–Crippen MR) is 102 cm³/mol. The highest BCUT2D eigenvalue weighted by Gasteiger charge is 2.30. The lowest BCUT2D eigenvalue weighted by molar-refractivity contribution is -0.121. The van der Waals surface area contributed by atoms with Crippen LogP contribution in [0.2, 0.25) is 0 Å². The number of hydrogen-bond acceptors (Lipinski definition) is 7. The molecule has 8 heteroatoms. The molecule has 3 heterocycles. The second-order valence-corrected chi connectivity index (χ2v) is 7.56. The molecule has 0 radical (unpaired) electrons. The number of pyridine rings is 1. The van der Waals surface area contributed by atoms with Crippen LogP contribution < -0.4 is 0 Å². The number of carbonyl (C=O) groups excluding carboxylic acids is 1. The fourth-order valence-electron chi connectivity index (χ4n) is 2.45. The lowest BCUT2D eigenvalue weighted by Crippen LogP contribution is -2.23. The molecule has 0 saturated carbocycles. The van der Waals surface area contributed by atoms with Gasteiger partial charge in [-0.2, -0.15) is 4.99 Å². The number of thioether (sulfide) groups is 1. The molecule has 4 rings (SSSR count). The summed E-state index contributed by atoms with van der Waals surface area (Å²) in [5.74, 6) is -0.0853. The van der Waals surface area contributed by atoms with Gasteiger partial charge in [0.2, 0.25) is 5.13 Å². The third-order valence-corrected chi connectivity index (χ3v) is 5.45. The average Bonchev–Trinajstić information content (AvgIpc) is 3.14. The van der Waals surface area contributed by atoms with E-state index < -0.39 is 0 Å². The molecule has 1 fully saturated rings. The fourth-order valence-corrected chi connectivity index (χ4v) is 4.03. The molecule has 1 aliphatic heterocycles. The Bertz CT molecular complexity index is 1030. The summed E-state index contributed by atoms with van der Waals surface area (Å²) in [6.07, 6.45) is 3.62. The van der Waals surface area contributed by atoms with Gasteiger partial charge in [-0.1, -0.05) is 35.6 Å². The summed E-state index contributed by atoms with van der Waals surface area (Å²) in [7, 11) is 1.71. The van der Waals surface area contributed by atoms with Crippen molar-refractivity contribution < 1.29 is 4.79 Å². The molecule has 124 valence electrons. The highest BCUT2D eigenvalue weighted by molar-refractivity contribution is 8.18. The summed E-state index contributed by atoms with van der Waals surface area (Å²) < 4.78 is 0. The molecule has 1 amide bonds. The third kappa shape index (κ3) is 3.06. The Kier molecular flexibility index (Phi) is 4.06. The third-order valence-electron chi connectivity index (χ3n) is 3.66. The summed E-state index contributed by atoms with van der Waals surface area (Å²) in [5.41, 5.74) is 1.79. The number of nitrogens with zero attached hydrogens (tertiary/aromatic N) is 5. The minimum atomic E-state index is -0.0853. The van der Waals surface area contributed by atoms with E-state index in [9.17, 15) is 4.79 Å². The van der Waals surface area contributed by atoms with E-state index in [1.807, 2.05) is 43.3 Å². The summed E-state index contributed by atoms with van der Waals surface area (Å²) in [6, 6.07) is 9.83. The van der Waals surface area contributed by atoms with Crippen LogP contribution in [0.3, 0.4) is 0 Å². The first-order valence-electron chi connectivity index (χ1n) is 7.52. The van der Waals surface area contributed by atoms with E-state index in [1.54, 1.807) is 13.2 Å². The van der Waals surface area contributed by atoms with Crippen LogP contribution in [0, 0.1) is 6.92 Å². The molecule has 0 N–H and O–H groups in total. The standard InChI is InChI=1S/C17H13N5OS2/c1-10-20-21-16(24-10)19-17-22(2)15(23)13(25-17)9-12-6-3-5-11-7-4-8-18-14(11)12/h3-9H,1-2H3/b13-9-,19-17-. The number of aromatic nitrogens is 3. The van der Waals surface area contributed by atoms with Gasteiger partial charge < -0.3 is 0 Å². The number of amides is 1. The van der Waals surface area contributed by atoms with Crippen LogP contribution in [0.25, 0.3) is 17.0 Å². The van der Waals surface area contributed by atoms with Gasteiger partial charge in [0.25, 0.3) is 5.91 Å². The number of aliphatic imine (C=N–C) groups is 1. The van der Waals surface area contributed by atoms with E-state index in [0.29, 0.717) is 15.2 Å². The van der Waals surface area contributed by atoms with Crippen LogP contribution in [0.4, 0.5) is 5.13 Å². The van der Waals surface area contributed by atoms with Gasteiger partial charge in [-0.25, -0.2) is 0 Å². The van der Waals surface area contributed by atoms with Crippen LogP contribution in [0.15, 0.2) is 46.4 Å². The lowest BCUT2D eigenvalue weighted by Gasteiger charge is -2.05. The number of likely N-dealkylation sites (N-methyl/N-ethyl adjacent to an activating group) is 1. The van der Waals surface area contributed by atoms with Gasteiger partial charge in [-0.05, 0) is 30.8 Å². The highest BCUT2D eigenvalue weighted by Crippen LogP contribution is 2.34. The summed E-state index contributed by atoms with van der Waals surface area (Å²) in [5, 5.41) is 11.0. The zero-order valence-electron chi connectivity index (χ0n) is 13.5. The molecule has 1 saturated heterocycles. The maximum Gasteiger partial charge on any atom is 0.266 e. The molecular weight excluding hydrogens is 354 g/mol. The van der Waals surface area contributed by atoms with Crippen molar-refractivity contribution in [1.82, 2.24) is 20.1 Å². The van der Waals surface area contributed by atoms with Crippen molar-refractivity contribution >= 4 is 56.3 Å². The monoisotopic (exact) mass is 367 g/mol. The van der Waals surface area contributed by atoms with Crippen molar-refractivity contribution in [3.63, 3.8) is 0 Å². The lowest BCUT2D eigenvalue weighted by atomic mass is 10.1. The average molecular weight is 367 g/mol. The number of benzene rings is 1. The van der Waals surface area contributed by atoms with Crippen LogP contribution in [0.5, 0.6) is 0 Å². The molecule has 6 nitrogen and oxygen atoms in total. The normalized spacial score (nSPS) is 18.0. The maximum absolute atomic E-state index is 12.6. The maximum atomic E-state index is 12.6. The Hall–Kier alpha value is -2.58. The van der Waals surface area contributed by atoms with E-state index in [2.05, 4.69) is 20.2 Å². The van der Waals surface area contributed by atoms with Crippen molar-refractivity contribution in [3.05, 3.63) is 52.0 Å². The Morgan fingerprint density at radius 2 is 2.04 bits per heavy atom. The van der Waals surface area contributed by atoms with Crippen molar-refractivity contribution in [2.45, 2.75) is 6.92 Å². The number of fused-ring (bicyclic) bond motifs is 1. The molecule has 0 aliphatic carbocycles. The van der Waals surface area contributed by atoms with Gasteiger partial charge in [0.15, 0.2) is 5.17 Å². The summed E-state index contributed by atoms with van der Waals surface area (Å²) in [6.45, 7) is 1.87. The minimum Gasteiger partial charge on any atom is -0.289 e. The van der Waals surface area contributed by atoms with Gasteiger partial charge >= 0.3 is 0 Å². The van der Waals surface area contributed by atoms with Gasteiger partial charge in [0.05, 0.1) is 10.4 Å². The molecular formula is C17H13N5OS2. The number of para-hydroxylation sites is 1. The molecule has 0 spiro atoms. The van der Waals surface area contributed by atoms with Crippen molar-refractivity contribution in [1.29, 1.82) is 0 Å². The van der Waals surface area contributed by atoms with E-state index >= 15 is 0 Å². The summed E-state index contributed by atoms with van der Waals surface area (Å²) >= 11 is 2.73. The Balaban J connectivity index is 1.72. The first-order valence-corrected chi connectivity index (χ1v) is 9.15. The number of carbonyl (C=O) groups is 1. The fraction of sp³-hybridized carbons (Fsp3) is 0.118. The zero-order chi connectivity index (χ0) is 17.4. The topological polar surface area (TPSA) is 71.3 Å². The SMILES string of the molecule is Cc1nnc(/N=C2\S/C(=C\c3cccc4cccnc34)C(=O)N2C)s1. The first-order chi connectivity index (χ1) is 12.1. The van der Waals surface area contributed by atoms with E-state index in [-0.39, 0.29) is 5.91 Å². The van der Waals surface area contributed by atoms with Gasteiger partial charge in [0, 0.05) is 24.2 Å². The minimum absolute atomic E-state index is 0.0853. The van der Waals surface area contributed by atoms with Gasteiger partial charge in [-0.3, -0.25) is 14.7 Å². The second kappa shape index (κ2) is 6.38. The zero-order valence-corrected chi connectivity index (χ0v) is 15.1. The van der Waals surface area contributed by atoms with Crippen LogP contribution in [0.1, 0.15) is 10.6 Å². The molecule has 25 heavy (non-hydrogen) atoms. The van der Waals surface area contributed by atoms with Crippen LogP contribution >= 0.6 is 23.1 Å². The van der Waals surface area contributed by atoms with E-state index in [0.717, 1.165) is 21.5 Å². The summed E-state index contributed by atoms with van der Waals surface area (Å²) in [4.78, 5) is 23.6. The van der Waals surface area contributed by atoms with Crippen molar-refractivity contribution in [3.8, 4) is 0 Å². The second-order valence-electron chi connectivity index (χ2n) is 5.40. The highest BCUT2D eigenvalue weighted by atomic mass is 32.2. The van der Waals surface area contributed by atoms with Gasteiger partial charge in [0.1, 0.15) is 5.01 Å². The largest absolute Gasteiger partial charge is 0.289 e. The Morgan fingerprint density at radius 1 is 1.20 bits per heavy atom. The van der Waals surface area contributed by atoms with E-state index in [1.165, 1.54) is 28.0 Å². The molecule has 1 aliphatic rings. The first kappa shape index (κ1) is 15.9. The van der Waals surface area contributed by atoms with Crippen LogP contribution in [-0.2, 0) is 4.79 Å². The van der Waals surface area contributed by atoms with Crippen molar-refractivity contribution in [2.75, 3.05) is 7.05 Å². The smallest absolute Gasteiger partial charge is 0.266 e. The molecule has 3 aromatic rings. The Labute approximate surface area is 152 Å². The molecule has 0 unspecified atom stereocenters. The van der Waals surface area contributed by atoms with Crippen LogP contribution in [-0.4, -0.2) is 38.2 Å². The Morgan fingerprint density at radius 3 is 2.84 bits per heavy atom. The molecule has 0 atom stereocenters. The number of rotatable bonds is 2. The van der Waals surface area contributed by atoms with Crippen molar-refractivity contribution in [2.24, 2.45) is 4.99 Å². The quantitative estimate of drug-likeness (QED) is 0.647. The number of aryl methyl sites for hydroxylation is 1. The molecule has 2 aromatic heterocycles.